The van der Waals surface area contributed by atoms with Crippen LogP contribution in [0.2, 0.25) is 0 Å². The number of Topliss-reactive ketones (excluding diaryl/α,β-unsaturated/α-hetero) is 3. The second kappa shape index (κ2) is 5.19. The zero-order valence-corrected chi connectivity index (χ0v) is 9.41. The fourth-order valence-electron chi connectivity index (χ4n) is 2.19. The SMILES string of the molecule is CCC(=O)C1CCCC(C(=O)CC)C1=O. The first-order valence-electron chi connectivity index (χ1n) is 5.70. The van der Waals surface area contributed by atoms with Crippen LogP contribution in [-0.4, -0.2) is 17.3 Å². The van der Waals surface area contributed by atoms with Crippen LogP contribution in [0.3, 0.4) is 0 Å². The lowest BCUT2D eigenvalue weighted by Crippen LogP contribution is -2.37. The molecule has 15 heavy (non-hydrogen) atoms. The minimum atomic E-state index is -0.496. The Bertz CT molecular complexity index is 255. The highest BCUT2D eigenvalue weighted by molar-refractivity contribution is 6.11. The van der Waals surface area contributed by atoms with Crippen molar-refractivity contribution in [2.45, 2.75) is 46.0 Å². The third-order valence-electron chi connectivity index (χ3n) is 3.15. The predicted octanol–water partition coefficient (Wildman–Crippen LogP) is 1.93. The lowest BCUT2D eigenvalue weighted by atomic mass is 9.75. The molecule has 0 aliphatic heterocycles. The number of carbonyl (C=O) groups excluding carboxylic acids is 3. The van der Waals surface area contributed by atoms with Gasteiger partial charge in [-0.2, -0.15) is 0 Å². The largest absolute Gasteiger partial charge is 0.299 e. The van der Waals surface area contributed by atoms with Crippen molar-refractivity contribution in [3.05, 3.63) is 0 Å². The van der Waals surface area contributed by atoms with Crippen molar-refractivity contribution in [3.63, 3.8) is 0 Å². The molecule has 2 atom stereocenters. The molecule has 0 bridgehead atoms. The number of carbonyl (C=O) groups is 3. The van der Waals surface area contributed by atoms with Gasteiger partial charge < -0.3 is 0 Å². The van der Waals surface area contributed by atoms with Crippen LogP contribution in [0, 0.1) is 11.8 Å². The summed E-state index contributed by atoms with van der Waals surface area (Å²) in [7, 11) is 0. The first-order valence-corrected chi connectivity index (χ1v) is 5.70. The zero-order chi connectivity index (χ0) is 11.4. The van der Waals surface area contributed by atoms with E-state index in [4.69, 9.17) is 0 Å². The Morgan fingerprint density at radius 1 is 1.07 bits per heavy atom. The van der Waals surface area contributed by atoms with Crippen LogP contribution in [0.4, 0.5) is 0 Å². The summed E-state index contributed by atoms with van der Waals surface area (Å²) < 4.78 is 0. The molecule has 1 rings (SSSR count). The van der Waals surface area contributed by atoms with Gasteiger partial charge in [0.15, 0.2) is 5.78 Å². The van der Waals surface area contributed by atoms with E-state index in [1.165, 1.54) is 0 Å². The molecule has 3 heteroatoms. The molecule has 0 amide bonds. The molecule has 2 unspecified atom stereocenters. The maximum atomic E-state index is 11.9. The Labute approximate surface area is 90.2 Å². The van der Waals surface area contributed by atoms with Crippen molar-refractivity contribution in [3.8, 4) is 0 Å². The van der Waals surface area contributed by atoms with Gasteiger partial charge in [-0.15, -0.1) is 0 Å². The first kappa shape index (κ1) is 12.1. The van der Waals surface area contributed by atoms with E-state index < -0.39 is 11.8 Å². The third kappa shape index (κ3) is 2.52. The number of hydrogen-bond acceptors (Lipinski definition) is 3. The number of rotatable bonds is 4. The second-order valence-corrected chi connectivity index (χ2v) is 4.08. The van der Waals surface area contributed by atoms with Crippen LogP contribution in [0.1, 0.15) is 46.0 Å². The summed E-state index contributed by atoms with van der Waals surface area (Å²) in [6.07, 6.45) is 2.88. The molecule has 0 aromatic heterocycles. The van der Waals surface area contributed by atoms with Crippen LogP contribution in [-0.2, 0) is 14.4 Å². The van der Waals surface area contributed by atoms with E-state index in [9.17, 15) is 14.4 Å². The summed E-state index contributed by atoms with van der Waals surface area (Å²) >= 11 is 0. The van der Waals surface area contributed by atoms with Gasteiger partial charge in [0.05, 0.1) is 11.8 Å². The Kier molecular flexibility index (Phi) is 4.18. The molecule has 0 radical (unpaired) electrons. The molecule has 0 heterocycles. The highest BCUT2D eigenvalue weighted by Gasteiger charge is 2.37. The lowest BCUT2D eigenvalue weighted by Gasteiger charge is -2.25. The molecule has 0 saturated heterocycles. The fourth-order valence-corrected chi connectivity index (χ4v) is 2.19. The maximum Gasteiger partial charge on any atom is 0.153 e. The van der Waals surface area contributed by atoms with Crippen LogP contribution in [0.5, 0.6) is 0 Å². The molecule has 84 valence electrons. The zero-order valence-electron chi connectivity index (χ0n) is 9.41. The summed E-state index contributed by atoms with van der Waals surface area (Å²) in [5.74, 6) is -1.13. The molecule has 0 aromatic carbocycles. The van der Waals surface area contributed by atoms with E-state index in [1.807, 2.05) is 0 Å². The number of ketones is 3. The lowest BCUT2D eigenvalue weighted by molar-refractivity contribution is -0.141. The summed E-state index contributed by atoms with van der Waals surface area (Å²) in [5.41, 5.74) is 0. The van der Waals surface area contributed by atoms with Crippen molar-refractivity contribution >= 4 is 17.3 Å². The van der Waals surface area contributed by atoms with E-state index >= 15 is 0 Å². The summed E-state index contributed by atoms with van der Waals surface area (Å²) in [4.78, 5) is 34.9. The first-order chi connectivity index (χ1) is 7.11. The van der Waals surface area contributed by atoms with Gasteiger partial charge in [0, 0.05) is 12.8 Å². The van der Waals surface area contributed by atoms with E-state index in [-0.39, 0.29) is 17.3 Å². The topological polar surface area (TPSA) is 51.2 Å². The van der Waals surface area contributed by atoms with Crippen LogP contribution in [0.25, 0.3) is 0 Å². The second-order valence-electron chi connectivity index (χ2n) is 4.08. The van der Waals surface area contributed by atoms with Gasteiger partial charge in [-0.25, -0.2) is 0 Å². The summed E-state index contributed by atoms with van der Waals surface area (Å²) in [5, 5.41) is 0. The highest BCUT2D eigenvalue weighted by atomic mass is 16.2. The third-order valence-corrected chi connectivity index (χ3v) is 3.15. The Balaban J connectivity index is 2.75. The Morgan fingerprint density at radius 3 is 1.80 bits per heavy atom. The summed E-state index contributed by atoms with van der Waals surface area (Å²) in [6, 6.07) is 0. The number of hydrogen-bond donors (Lipinski definition) is 0. The van der Waals surface area contributed by atoms with Crippen molar-refractivity contribution < 1.29 is 14.4 Å². The maximum absolute atomic E-state index is 11.9. The van der Waals surface area contributed by atoms with Crippen molar-refractivity contribution in [1.82, 2.24) is 0 Å². The minimum Gasteiger partial charge on any atom is -0.299 e. The Morgan fingerprint density at radius 2 is 1.47 bits per heavy atom. The average Bonchev–Trinajstić information content (AvgIpc) is 2.27. The van der Waals surface area contributed by atoms with Gasteiger partial charge in [0.2, 0.25) is 0 Å². The van der Waals surface area contributed by atoms with Crippen LogP contribution >= 0.6 is 0 Å². The Hall–Kier alpha value is -0.990. The van der Waals surface area contributed by atoms with Gasteiger partial charge >= 0.3 is 0 Å². The fraction of sp³-hybridized carbons (Fsp3) is 0.750. The average molecular weight is 210 g/mol. The molecular weight excluding hydrogens is 192 g/mol. The normalized spacial score (nSPS) is 26.4. The van der Waals surface area contributed by atoms with Gasteiger partial charge in [-0.05, 0) is 12.8 Å². The quantitative estimate of drug-likeness (QED) is 0.666. The van der Waals surface area contributed by atoms with Crippen LogP contribution < -0.4 is 0 Å². The van der Waals surface area contributed by atoms with Gasteiger partial charge in [0.25, 0.3) is 0 Å². The van der Waals surface area contributed by atoms with Crippen molar-refractivity contribution in [2.24, 2.45) is 11.8 Å². The molecule has 1 saturated carbocycles. The van der Waals surface area contributed by atoms with Crippen molar-refractivity contribution in [2.75, 3.05) is 0 Å². The van der Waals surface area contributed by atoms with Gasteiger partial charge in [-0.1, -0.05) is 20.3 Å². The highest BCUT2D eigenvalue weighted by Crippen LogP contribution is 2.28. The van der Waals surface area contributed by atoms with Crippen molar-refractivity contribution in [1.29, 1.82) is 0 Å². The van der Waals surface area contributed by atoms with Gasteiger partial charge in [0.1, 0.15) is 11.6 Å². The van der Waals surface area contributed by atoms with E-state index in [1.54, 1.807) is 13.8 Å². The molecule has 0 aromatic rings. The molecule has 1 fully saturated rings. The molecular formula is C12H18O3. The van der Waals surface area contributed by atoms with E-state index in [0.717, 1.165) is 6.42 Å². The smallest absolute Gasteiger partial charge is 0.153 e. The van der Waals surface area contributed by atoms with Gasteiger partial charge in [-0.3, -0.25) is 14.4 Å². The molecule has 0 spiro atoms. The molecule has 1 aliphatic rings. The van der Waals surface area contributed by atoms with E-state index in [2.05, 4.69) is 0 Å². The monoisotopic (exact) mass is 210 g/mol. The van der Waals surface area contributed by atoms with E-state index in [0.29, 0.717) is 25.7 Å². The molecule has 1 aliphatic carbocycles. The standard InChI is InChI=1S/C12H18O3/c1-3-10(13)8-6-5-7-9(12(8)15)11(14)4-2/h8-9H,3-7H2,1-2H3. The molecule has 3 nitrogen and oxygen atoms in total. The predicted molar refractivity (Wildman–Crippen MR) is 56.4 cm³/mol. The summed E-state index contributed by atoms with van der Waals surface area (Å²) in [6.45, 7) is 3.53. The minimum absolute atomic E-state index is 0.00592. The van der Waals surface area contributed by atoms with Crippen LogP contribution in [0.15, 0.2) is 0 Å². The molecule has 0 N–H and O–H groups in total.